The number of hydrogen-bond acceptors (Lipinski definition) is 4. The lowest BCUT2D eigenvalue weighted by molar-refractivity contribution is 0.573. The first-order valence-corrected chi connectivity index (χ1v) is 25.2. The molecule has 0 amide bonds. The minimum absolute atomic E-state index is 0.207. The van der Waals surface area contributed by atoms with Crippen molar-refractivity contribution in [3.8, 4) is 0 Å². The van der Waals surface area contributed by atoms with Gasteiger partial charge < -0.3 is 13.9 Å². The number of benzene rings is 9. The molecule has 0 aliphatic carbocycles. The van der Waals surface area contributed by atoms with E-state index in [1.165, 1.54) is 35.6 Å². The summed E-state index contributed by atoms with van der Waals surface area (Å²) in [7, 11) is 2.13. The molecule has 9 aromatic carbocycles. The third-order valence-electron chi connectivity index (χ3n) is 13.7. The summed E-state index contributed by atoms with van der Waals surface area (Å²) < 4.78 is 13.9. The van der Waals surface area contributed by atoms with Gasteiger partial charge in [-0.15, -0.1) is 22.7 Å². The van der Waals surface area contributed by atoms with Gasteiger partial charge in [0, 0.05) is 92.4 Å². The normalized spacial score (nSPS) is 12.9. The number of para-hydroxylation sites is 2. The van der Waals surface area contributed by atoms with Crippen LogP contribution in [0.15, 0.2) is 222 Å². The zero-order chi connectivity index (χ0) is 46.9. The number of nitrogens with one attached hydrogen (secondary N) is 1. The van der Waals surface area contributed by atoms with E-state index in [-0.39, 0.29) is 5.84 Å². The van der Waals surface area contributed by atoms with Crippen molar-refractivity contribution in [2.45, 2.75) is 6.92 Å². The van der Waals surface area contributed by atoms with E-state index in [9.17, 15) is 5.41 Å². The summed E-state index contributed by atoms with van der Waals surface area (Å²) in [5.41, 5.74) is 11.0. The molecule has 4 aromatic heterocycles. The lowest BCUT2D eigenvalue weighted by atomic mass is 9.93. The number of aliphatic imine (C=N–C) groups is 1. The number of thiophene rings is 2. The Morgan fingerprint density at radius 2 is 1.07 bits per heavy atom. The molecule has 0 fully saturated rings. The van der Waals surface area contributed by atoms with Crippen LogP contribution in [0.2, 0.25) is 0 Å². The Balaban J connectivity index is 1.08. The topological polar surface area (TPSA) is 57.5 Å². The Bertz CT molecular complexity index is 4320. The Morgan fingerprint density at radius 1 is 0.529 bits per heavy atom. The quantitative estimate of drug-likeness (QED) is 0.0937. The molecule has 0 spiro atoms. The number of fused-ring (bicyclic) bond motifs is 13. The van der Waals surface area contributed by atoms with Crippen molar-refractivity contribution in [1.82, 2.24) is 9.47 Å². The maximum Gasteiger partial charge on any atom is 0.154 e. The van der Waals surface area contributed by atoms with Crippen LogP contribution in [-0.4, -0.2) is 34.7 Å². The van der Waals surface area contributed by atoms with E-state index in [0.29, 0.717) is 12.4 Å². The number of aromatic nitrogens is 1. The van der Waals surface area contributed by atoms with Crippen molar-refractivity contribution in [2.24, 2.45) is 4.99 Å². The molecular weight excluding hydrogens is 893 g/mol. The molecule has 7 heteroatoms. The Morgan fingerprint density at radius 3 is 1.76 bits per heavy atom. The molecule has 0 aliphatic rings. The second-order valence-corrected chi connectivity index (χ2v) is 20.0. The zero-order valence-electron chi connectivity index (χ0n) is 38.5. The second kappa shape index (κ2) is 17.0. The van der Waals surface area contributed by atoms with Crippen LogP contribution in [-0.2, 0) is 0 Å². The lowest BCUT2D eigenvalue weighted by Gasteiger charge is -2.28. The van der Waals surface area contributed by atoms with Crippen molar-refractivity contribution in [3.05, 3.63) is 235 Å². The lowest BCUT2D eigenvalue weighted by Crippen LogP contribution is -2.31. The molecule has 0 radical (unpaired) electrons. The summed E-state index contributed by atoms with van der Waals surface area (Å²) in [5, 5.41) is 19.1. The molecule has 5 nitrogen and oxygen atoms in total. The predicted molar refractivity (Wildman–Crippen MR) is 301 cm³/mol. The number of nitrogens with zero attached hydrogens (tertiary/aromatic N) is 3. The smallest absolute Gasteiger partial charge is 0.154 e. The van der Waals surface area contributed by atoms with E-state index in [1.807, 2.05) is 12.1 Å². The second-order valence-electron chi connectivity index (χ2n) is 17.8. The molecule has 0 aliphatic heterocycles. The number of amidine groups is 2. The summed E-state index contributed by atoms with van der Waals surface area (Å²) in [5.74, 6) is 0.916. The number of hydrogen-bond donors (Lipinski definition) is 1. The molecule has 0 bridgehead atoms. The monoisotopic (exact) mass is 936 g/mol. The average Bonchev–Trinajstić information content (AvgIpc) is 4.18. The minimum atomic E-state index is 0.207. The molecule has 70 heavy (non-hydrogen) atoms. The van der Waals surface area contributed by atoms with Crippen molar-refractivity contribution in [2.75, 3.05) is 13.6 Å². The summed E-state index contributed by atoms with van der Waals surface area (Å²) in [6, 6.07) is 73.2. The third-order valence-corrected chi connectivity index (χ3v) is 16.0. The SMILES string of the molecule is C/C=C(\C(=C(/CN(C)/C(=N\C(=N)c1ccc2c(c1)sc1ccccc12)c1ccc2c(c1)sc1ccccc12)c1ccccc1)n1c2ccccc2c2ccc3oc4ccccc4c3c21)c1ccccc1. The van der Waals surface area contributed by atoms with E-state index in [2.05, 4.69) is 224 Å². The molecule has 4 heterocycles. The highest BCUT2D eigenvalue weighted by atomic mass is 32.1. The van der Waals surface area contributed by atoms with Crippen molar-refractivity contribution < 1.29 is 4.42 Å². The fraction of sp³-hybridized carbons (Fsp3) is 0.0476. The fourth-order valence-corrected chi connectivity index (χ4v) is 12.8. The van der Waals surface area contributed by atoms with Crippen LogP contribution < -0.4 is 0 Å². The summed E-state index contributed by atoms with van der Waals surface area (Å²) >= 11 is 3.55. The molecule has 13 aromatic rings. The third kappa shape index (κ3) is 6.88. The van der Waals surface area contributed by atoms with E-state index in [1.54, 1.807) is 22.7 Å². The van der Waals surface area contributed by atoms with Crippen molar-refractivity contribution >= 4 is 135 Å². The van der Waals surface area contributed by atoms with Crippen LogP contribution in [0.5, 0.6) is 0 Å². The van der Waals surface area contributed by atoms with Crippen LogP contribution >= 0.6 is 22.7 Å². The maximum absolute atomic E-state index is 9.79. The molecule has 0 saturated heterocycles. The highest BCUT2D eigenvalue weighted by Gasteiger charge is 2.27. The molecule has 0 unspecified atom stereocenters. The van der Waals surface area contributed by atoms with Crippen LogP contribution in [0.4, 0.5) is 0 Å². The Kier molecular flexibility index (Phi) is 10.2. The van der Waals surface area contributed by atoms with Gasteiger partial charge in [-0.1, -0.05) is 164 Å². The summed E-state index contributed by atoms with van der Waals surface area (Å²) in [6.07, 6.45) is 2.26. The van der Waals surface area contributed by atoms with Crippen LogP contribution in [0.25, 0.3) is 101 Å². The molecule has 1 N–H and O–H groups in total. The van der Waals surface area contributed by atoms with Crippen molar-refractivity contribution in [3.63, 3.8) is 0 Å². The molecule has 13 rings (SSSR count). The van der Waals surface area contributed by atoms with E-state index < -0.39 is 0 Å². The van der Waals surface area contributed by atoms with Gasteiger partial charge in [0.2, 0.25) is 0 Å². The first kappa shape index (κ1) is 41.8. The molecule has 334 valence electrons. The number of furan rings is 1. The van der Waals surface area contributed by atoms with Gasteiger partial charge in [-0.3, -0.25) is 5.41 Å². The van der Waals surface area contributed by atoms with Gasteiger partial charge in [0.1, 0.15) is 17.0 Å². The van der Waals surface area contributed by atoms with Gasteiger partial charge in [-0.25, -0.2) is 4.99 Å². The number of likely N-dealkylation sites (N-methyl/N-ethyl adjacent to an activating group) is 1. The average molecular weight is 937 g/mol. The van der Waals surface area contributed by atoms with Crippen molar-refractivity contribution in [1.29, 1.82) is 5.41 Å². The predicted octanol–water partition coefficient (Wildman–Crippen LogP) is 17.3. The van der Waals surface area contributed by atoms with Gasteiger partial charge >= 0.3 is 0 Å². The summed E-state index contributed by atoms with van der Waals surface area (Å²) in [4.78, 5) is 7.63. The Hall–Kier alpha value is -8.36. The summed E-state index contributed by atoms with van der Waals surface area (Å²) in [6.45, 7) is 2.60. The van der Waals surface area contributed by atoms with Gasteiger partial charge in [-0.2, -0.15) is 0 Å². The van der Waals surface area contributed by atoms with Crippen LogP contribution in [0.1, 0.15) is 29.2 Å². The largest absolute Gasteiger partial charge is 0.456 e. The van der Waals surface area contributed by atoms with Gasteiger partial charge in [0.05, 0.1) is 22.1 Å². The Labute approximate surface area is 412 Å². The number of allylic oxidation sites excluding steroid dienone is 3. The van der Waals surface area contributed by atoms with Gasteiger partial charge in [-0.05, 0) is 66.6 Å². The molecular formula is C63H44N4OS2. The number of rotatable bonds is 8. The van der Waals surface area contributed by atoms with Crippen LogP contribution in [0.3, 0.4) is 0 Å². The van der Waals surface area contributed by atoms with Crippen LogP contribution in [0, 0.1) is 5.41 Å². The molecule has 0 saturated carbocycles. The highest BCUT2D eigenvalue weighted by Crippen LogP contribution is 2.45. The maximum atomic E-state index is 9.79. The van der Waals surface area contributed by atoms with E-state index >= 15 is 0 Å². The zero-order valence-corrected chi connectivity index (χ0v) is 40.1. The van der Waals surface area contributed by atoms with Gasteiger partial charge in [0.15, 0.2) is 5.84 Å². The standard InChI is InChI=1S/C63H44N4OS2/c1-3-43(39-18-6-4-7-19-39)60(67-52-26-14-10-22-44(52)49-34-35-54-59(61(49)67)50-25-11-15-27-53(50)68-54)51(40-20-8-5-9-21-40)38-66(2)63(42-31-33-48-46-24-13-17-29-56(46)70-58(48)37-42)65-62(64)41-30-32-47-45-23-12-16-28-55(45)69-57(47)36-41/h3-37,64H,38H2,1-2H3/b43-3-,60-51-,64-62?,65-63-. The van der Waals surface area contributed by atoms with E-state index in [0.717, 1.165) is 87.5 Å². The van der Waals surface area contributed by atoms with E-state index in [4.69, 9.17) is 9.41 Å². The first-order valence-electron chi connectivity index (χ1n) is 23.6. The highest BCUT2D eigenvalue weighted by molar-refractivity contribution is 7.26. The first-order chi connectivity index (χ1) is 34.5. The molecule has 0 atom stereocenters. The minimum Gasteiger partial charge on any atom is -0.456 e. The fourth-order valence-electron chi connectivity index (χ4n) is 10.5. The van der Waals surface area contributed by atoms with Gasteiger partial charge in [0.25, 0.3) is 0 Å².